The Labute approximate surface area is 152 Å². The lowest BCUT2D eigenvalue weighted by Crippen LogP contribution is -2.28. The van der Waals surface area contributed by atoms with E-state index < -0.39 is 0 Å². The molecule has 0 bridgehead atoms. The fourth-order valence-corrected chi connectivity index (χ4v) is 3.14. The number of hydrogen-bond donors (Lipinski definition) is 3. The summed E-state index contributed by atoms with van der Waals surface area (Å²) in [7, 11) is 0. The van der Waals surface area contributed by atoms with Gasteiger partial charge in [-0.25, -0.2) is 0 Å². The van der Waals surface area contributed by atoms with Crippen LogP contribution >= 0.6 is 11.6 Å². The molecule has 0 heterocycles. The number of nitrogens with one attached hydrogen (secondary N) is 2. The van der Waals surface area contributed by atoms with E-state index in [0.29, 0.717) is 29.6 Å². The molecule has 0 aliphatic heterocycles. The number of halogens is 1. The molecule has 1 aliphatic carbocycles. The Balaban J connectivity index is 1.47. The summed E-state index contributed by atoms with van der Waals surface area (Å²) in [5.41, 5.74) is 10.1. The second-order valence-corrected chi connectivity index (χ2v) is 6.37. The van der Waals surface area contributed by atoms with Gasteiger partial charge < -0.3 is 16.4 Å². The van der Waals surface area contributed by atoms with Crippen molar-refractivity contribution in [3.63, 3.8) is 0 Å². The number of nitrogens with zero attached hydrogens (tertiary/aromatic N) is 1. The van der Waals surface area contributed by atoms with Crippen LogP contribution < -0.4 is 16.4 Å². The molecule has 5 nitrogen and oxygen atoms in total. The number of rotatable bonds is 5. The highest BCUT2D eigenvalue weighted by atomic mass is 35.5. The van der Waals surface area contributed by atoms with Gasteiger partial charge in [-0.1, -0.05) is 29.8 Å². The molecule has 25 heavy (non-hydrogen) atoms. The maximum Gasteiger partial charge on any atom is 0.252 e. The van der Waals surface area contributed by atoms with E-state index in [-0.39, 0.29) is 5.91 Å². The van der Waals surface area contributed by atoms with Crippen LogP contribution in [0.2, 0.25) is 5.02 Å². The van der Waals surface area contributed by atoms with E-state index >= 15 is 0 Å². The van der Waals surface area contributed by atoms with E-state index in [4.69, 9.17) is 17.3 Å². The third-order valence-corrected chi connectivity index (χ3v) is 4.50. The summed E-state index contributed by atoms with van der Waals surface area (Å²) in [5, 5.41) is 6.31. The zero-order valence-electron chi connectivity index (χ0n) is 13.9. The standard InChI is InChI=1S/C19H21ClN4O/c20-17-7-2-1-6-16(17)18(25)22-10-11-23-19(21)24-15-9-8-13-4-3-5-14(13)12-15/h1-2,6-9,12H,3-5,10-11H2,(H,22,25)(H3,21,23,24). The number of guanidine groups is 1. The largest absolute Gasteiger partial charge is 0.370 e. The normalized spacial score (nSPS) is 13.4. The Morgan fingerprint density at radius 2 is 1.96 bits per heavy atom. The topological polar surface area (TPSA) is 79.5 Å². The van der Waals surface area contributed by atoms with Gasteiger partial charge in [0.25, 0.3) is 5.91 Å². The van der Waals surface area contributed by atoms with E-state index in [2.05, 4.69) is 27.8 Å². The Hall–Kier alpha value is -2.53. The predicted octanol–water partition coefficient (Wildman–Crippen LogP) is 2.99. The highest BCUT2D eigenvalue weighted by Gasteiger charge is 2.11. The Bertz CT molecular complexity index is 804. The van der Waals surface area contributed by atoms with Crippen LogP contribution in [0, 0.1) is 0 Å². The highest BCUT2D eigenvalue weighted by Crippen LogP contribution is 2.24. The third kappa shape index (κ3) is 4.51. The number of carbonyl (C=O) groups is 1. The molecule has 1 aliphatic rings. The summed E-state index contributed by atoms with van der Waals surface area (Å²) >= 11 is 5.99. The van der Waals surface area contributed by atoms with E-state index in [1.54, 1.807) is 24.3 Å². The molecule has 0 fully saturated rings. The van der Waals surface area contributed by atoms with Gasteiger partial charge in [-0.15, -0.1) is 0 Å². The van der Waals surface area contributed by atoms with Crippen LogP contribution in [0.5, 0.6) is 0 Å². The summed E-state index contributed by atoms with van der Waals surface area (Å²) in [6, 6.07) is 13.2. The van der Waals surface area contributed by atoms with Gasteiger partial charge in [0.05, 0.1) is 17.1 Å². The minimum atomic E-state index is -0.217. The Morgan fingerprint density at radius 3 is 2.80 bits per heavy atom. The number of aryl methyl sites for hydroxylation is 2. The molecule has 2 aromatic carbocycles. The lowest BCUT2D eigenvalue weighted by Gasteiger charge is -2.08. The van der Waals surface area contributed by atoms with Crippen molar-refractivity contribution in [3.8, 4) is 0 Å². The van der Waals surface area contributed by atoms with Crippen LogP contribution in [0.15, 0.2) is 47.5 Å². The quantitative estimate of drug-likeness (QED) is 0.437. The number of hydrogen-bond acceptors (Lipinski definition) is 2. The highest BCUT2D eigenvalue weighted by molar-refractivity contribution is 6.33. The second-order valence-electron chi connectivity index (χ2n) is 5.96. The molecule has 0 aromatic heterocycles. The number of fused-ring (bicyclic) bond motifs is 1. The first-order valence-electron chi connectivity index (χ1n) is 8.35. The van der Waals surface area contributed by atoms with E-state index in [1.165, 1.54) is 17.5 Å². The second kappa shape index (κ2) is 8.03. The van der Waals surface area contributed by atoms with Crippen molar-refractivity contribution in [2.45, 2.75) is 19.3 Å². The van der Waals surface area contributed by atoms with Crippen LogP contribution in [-0.4, -0.2) is 25.0 Å². The number of anilines is 1. The maximum absolute atomic E-state index is 12.0. The average Bonchev–Trinajstić information content (AvgIpc) is 3.06. The molecular weight excluding hydrogens is 336 g/mol. The molecule has 0 saturated carbocycles. The van der Waals surface area contributed by atoms with Crippen molar-refractivity contribution >= 4 is 29.2 Å². The van der Waals surface area contributed by atoms with Crippen LogP contribution in [0.4, 0.5) is 5.69 Å². The number of amides is 1. The zero-order valence-corrected chi connectivity index (χ0v) is 14.6. The van der Waals surface area contributed by atoms with Gasteiger partial charge in [-0.05, 0) is 54.7 Å². The summed E-state index contributed by atoms with van der Waals surface area (Å²) < 4.78 is 0. The first kappa shape index (κ1) is 17.3. The molecular formula is C19H21ClN4O. The maximum atomic E-state index is 12.0. The van der Waals surface area contributed by atoms with Gasteiger partial charge in [0.15, 0.2) is 5.96 Å². The predicted molar refractivity (Wildman–Crippen MR) is 102 cm³/mol. The monoisotopic (exact) mass is 356 g/mol. The molecule has 0 saturated heterocycles. The molecule has 0 atom stereocenters. The van der Waals surface area contributed by atoms with Crippen molar-refractivity contribution in [1.82, 2.24) is 5.32 Å². The summed E-state index contributed by atoms with van der Waals surface area (Å²) in [6.07, 6.45) is 3.49. The summed E-state index contributed by atoms with van der Waals surface area (Å²) in [5.74, 6) is 0.121. The Kier molecular flexibility index (Phi) is 5.56. The average molecular weight is 357 g/mol. The number of nitrogens with two attached hydrogens (primary N) is 1. The number of aliphatic imine (C=N–C) groups is 1. The SMILES string of the molecule is NC(=NCCNC(=O)c1ccccc1Cl)Nc1ccc2c(c1)CCC2. The molecule has 0 unspecified atom stereocenters. The van der Waals surface area contributed by atoms with Crippen molar-refractivity contribution in [2.75, 3.05) is 18.4 Å². The number of benzene rings is 2. The van der Waals surface area contributed by atoms with Crippen LogP contribution in [0.25, 0.3) is 0 Å². The van der Waals surface area contributed by atoms with Gasteiger partial charge in [-0.2, -0.15) is 0 Å². The molecule has 0 radical (unpaired) electrons. The first-order valence-corrected chi connectivity index (χ1v) is 8.73. The molecule has 3 rings (SSSR count). The van der Waals surface area contributed by atoms with Gasteiger partial charge in [0.2, 0.25) is 0 Å². The zero-order chi connectivity index (χ0) is 17.6. The smallest absolute Gasteiger partial charge is 0.252 e. The summed E-state index contributed by atoms with van der Waals surface area (Å²) in [4.78, 5) is 16.3. The fraction of sp³-hybridized carbons (Fsp3) is 0.263. The van der Waals surface area contributed by atoms with Crippen molar-refractivity contribution < 1.29 is 4.79 Å². The summed E-state index contributed by atoms with van der Waals surface area (Å²) in [6.45, 7) is 0.774. The van der Waals surface area contributed by atoms with Gasteiger partial charge in [0, 0.05) is 12.2 Å². The lowest BCUT2D eigenvalue weighted by atomic mass is 10.1. The molecule has 1 amide bonds. The van der Waals surface area contributed by atoms with E-state index in [0.717, 1.165) is 18.5 Å². The number of carbonyl (C=O) groups excluding carboxylic acids is 1. The minimum absolute atomic E-state index is 0.217. The third-order valence-electron chi connectivity index (χ3n) is 4.17. The minimum Gasteiger partial charge on any atom is -0.370 e. The molecule has 130 valence electrons. The molecule has 2 aromatic rings. The van der Waals surface area contributed by atoms with Gasteiger partial charge in [0.1, 0.15) is 0 Å². The van der Waals surface area contributed by atoms with Crippen LogP contribution in [0.3, 0.4) is 0 Å². The molecule has 4 N–H and O–H groups in total. The first-order chi connectivity index (χ1) is 12.1. The molecule has 6 heteroatoms. The van der Waals surface area contributed by atoms with Crippen LogP contribution in [0.1, 0.15) is 27.9 Å². The fourth-order valence-electron chi connectivity index (χ4n) is 2.92. The van der Waals surface area contributed by atoms with Crippen molar-refractivity contribution in [1.29, 1.82) is 0 Å². The van der Waals surface area contributed by atoms with E-state index in [1.807, 2.05) is 6.07 Å². The van der Waals surface area contributed by atoms with Gasteiger partial charge in [-0.3, -0.25) is 9.79 Å². The molecule has 0 spiro atoms. The van der Waals surface area contributed by atoms with E-state index in [9.17, 15) is 4.79 Å². The van der Waals surface area contributed by atoms with Crippen LogP contribution in [-0.2, 0) is 12.8 Å². The van der Waals surface area contributed by atoms with Crippen molar-refractivity contribution in [3.05, 3.63) is 64.2 Å². The Morgan fingerprint density at radius 1 is 1.16 bits per heavy atom. The van der Waals surface area contributed by atoms with Gasteiger partial charge >= 0.3 is 0 Å². The lowest BCUT2D eigenvalue weighted by molar-refractivity contribution is 0.0955. The van der Waals surface area contributed by atoms with Crippen molar-refractivity contribution in [2.24, 2.45) is 10.7 Å².